The van der Waals surface area contributed by atoms with E-state index in [1.807, 2.05) is 36.4 Å². The van der Waals surface area contributed by atoms with Gasteiger partial charge in [-0.3, -0.25) is 4.79 Å². The summed E-state index contributed by atoms with van der Waals surface area (Å²) in [7, 11) is 0. The van der Waals surface area contributed by atoms with Crippen molar-refractivity contribution in [3.63, 3.8) is 0 Å². The normalized spacial score (nSPS) is 12.8. The van der Waals surface area contributed by atoms with Crippen LogP contribution in [0, 0.1) is 11.3 Å². The van der Waals surface area contributed by atoms with Crippen molar-refractivity contribution in [2.75, 3.05) is 0 Å². The van der Waals surface area contributed by atoms with Gasteiger partial charge in [-0.2, -0.15) is 18.4 Å². The van der Waals surface area contributed by atoms with Crippen molar-refractivity contribution in [2.24, 2.45) is 0 Å². The molecule has 152 valence electrons. The Hall–Kier alpha value is -3.79. The van der Waals surface area contributed by atoms with E-state index in [1.54, 1.807) is 25.3 Å². The standard InChI is InChI=1S/C23H18F3N3O/c1-16(17-7-3-2-4-8-17)28-22(30)18(15-27)13-20-11-6-12-29(20)21-10-5-9-19(14-21)23(24,25)26/h2-14,16H,1H3,(H,28,30)/b18-13-/t16-/m1/s1. The summed E-state index contributed by atoms with van der Waals surface area (Å²) in [6.07, 6.45) is -1.54. The largest absolute Gasteiger partial charge is 0.416 e. The van der Waals surface area contributed by atoms with Crippen LogP contribution in [-0.4, -0.2) is 10.5 Å². The number of hydrogen-bond acceptors (Lipinski definition) is 2. The van der Waals surface area contributed by atoms with Crippen LogP contribution in [0.25, 0.3) is 11.8 Å². The average Bonchev–Trinajstić information content (AvgIpc) is 3.20. The number of aromatic nitrogens is 1. The summed E-state index contributed by atoms with van der Waals surface area (Å²) in [4.78, 5) is 12.6. The molecule has 0 radical (unpaired) electrons. The van der Waals surface area contributed by atoms with Gasteiger partial charge in [0, 0.05) is 17.6 Å². The smallest absolute Gasteiger partial charge is 0.345 e. The second-order valence-corrected chi connectivity index (χ2v) is 6.63. The lowest BCUT2D eigenvalue weighted by molar-refractivity contribution is -0.137. The Kier molecular flexibility index (Phi) is 6.07. The molecule has 0 spiro atoms. The molecule has 1 N–H and O–H groups in total. The number of hydrogen-bond donors (Lipinski definition) is 1. The van der Waals surface area contributed by atoms with Crippen LogP contribution < -0.4 is 5.32 Å². The van der Waals surface area contributed by atoms with Crippen LogP contribution in [0.5, 0.6) is 0 Å². The van der Waals surface area contributed by atoms with E-state index >= 15 is 0 Å². The first-order valence-electron chi connectivity index (χ1n) is 9.12. The maximum atomic E-state index is 13.0. The van der Waals surface area contributed by atoms with Gasteiger partial charge in [-0.25, -0.2) is 0 Å². The molecule has 2 aromatic carbocycles. The van der Waals surface area contributed by atoms with Gasteiger partial charge in [0.05, 0.1) is 11.6 Å². The Morgan fingerprint density at radius 3 is 2.50 bits per heavy atom. The quantitative estimate of drug-likeness (QED) is 0.460. The molecule has 3 rings (SSSR count). The van der Waals surface area contributed by atoms with Crippen molar-refractivity contribution in [2.45, 2.75) is 19.1 Å². The Labute approximate surface area is 171 Å². The van der Waals surface area contributed by atoms with Crippen LogP contribution in [0.15, 0.2) is 78.5 Å². The average molecular weight is 409 g/mol. The summed E-state index contributed by atoms with van der Waals surface area (Å²) in [6.45, 7) is 1.80. The van der Waals surface area contributed by atoms with Gasteiger partial charge in [-0.15, -0.1) is 0 Å². The minimum atomic E-state index is -4.47. The number of alkyl halides is 3. The zero-order valence-electron chi connectivity index (χ0n) is 16.0. The number of halogens is 3. The second-order valence-electron chi connectivity index (χ2n) is 6.63. The molecule has 1 amide bonds. The van der Waals surface area contributed by atoms with Crippen molar-refractivity contribution in [1.29, 1.82) is 5.26 Å². The fourth-order valence-electron chi connectivity index (χ4n) is 2.97. The molecule has 1 aromatic heterocycles. The Bertz CT molecular complexity index is 1110. The van der Waals surface area contributed by atoms with Crippen LogP contribution in [-0.2, 0) is 11.0 Å². The molecule has 0 aliphatic rings. The Morgan fingerprint density at radius 1 is 1.10 bits per heavy atom. The van der Waals surface area contributed by atoms with Gasteiger partial charge >= 0.3 is 6.18 Å². The fourth-order valence-corrected chi connectivity index (χ4v) is 2.97. The van der Waals surface area contributed by atoms with Crippen LogP contribution in [0.3, 0.4) is 0 Å². The molecule has 0 aliphatic heterocycles. The molecular formula is C23H18F3N3O. The van der Waals surface area contributed by atoms with Gasteiger partial charge < -0.3 is 9.88 Å². The molecule has 7 heteroatoms. The number of nitrogens with zero attached hydrogens (tertiary/aromatic N) is 2. The molecule has 30 heavy (non-hydrogen) atoms. The molecule has 0 aliphatic carbocycles. The summed E-state index contributed by atoms with van der Waals surface area (Å²) in [5, 5.41) is 12.2. The lowest BCUT2D eigenvalue weighted by Crippen LogP contribution is -2.27. The second kappa shape index (κ2) is 8.70. The van der Waals surface area contributed by atoms with Crippen LogP contribution in [0.4, 0.5) is 13.2 Å². The molecule has 1 atom stereocenters. The van der Waals surface area contributed by atoms with E-state index in [-0.39, 0.29) is 17.3 Å². The summed E-state index contributed by atoms with van der Waals surface area (Å²) >= 11 is 0. The molecule has 0 fully saturated rings. The number of carbonyl (C=O) groups is 1. The topological polar surface area (TPSA) is 57.8 Å². The van der Waals surface area contributed by atoms with E-state index in [0.717, 1.165) is 17.7 Å². The fraction of sp³-hybridized carbons (Fsp3) is 0.130. The van der Waals surface area contributed by atoms with Gasteiger partial charge in [0.2, 0.25) is 0 Å². The van der Waals surface area contributed by atoms with Crippen molar-refractivity contribution in [3.05, 3.63) is 95.3 Å². The molecular weight excluding hydrogens is 391 g/mol. The Balaban J connectivity index is 1.87. The number of benzene rings is 2. The van der Waals surface area contributed by atoms with E-state index in [1.165, 1.54) is 22.8 Å². The number of rotatable bonds is 5. The van der Waals surface area contributed by atoms with Gasteiger partial charge in [-0.1, -0.05) is 36.4 Å². The maximum Gasteiger partial charge on any atom is 0.416 e. The summed E-state index contributed by atoms with van der Waals surface area (Å²) in [5.41, 5.74) is 0.642. The first kappa shape index (κ1) is 20.9. The summed E-state index contributed by atoms with van der Waals surface area (Å²) < 4.78 is 40.6. The third-order valence-electron chi connectivity index (χ3n) is 4.54. The molecule has 0 saturated heterocycles. The molecule has 0 bridgehead atoms. The van der Waals surface area contributed by atoms with Crippen molar-refractivity contribution in [3.8, 4) is 11.8 Å². The highest BCUT2D eigenvalue weighted by molar-refractivity contribution is 6.01. The van der Waals surface area contributed by atoms with E-state index in [4.69, 9.17) is 0 Å². The highest BCUT2D eigenvalue weighted by Crippen LogP contribution is 2.30. The van der Waals surface area contributed by atoms with E-state index in [2.05, 4.69) is 5.32 Å². The number of nitriles is 1. The summed E-state index contributed by atoms with van der Waals surface area (Å²) in [5.74, 6) is -0.564. The maximum absolute atomic E-state index is 13.0. The Morgan fingerprint density at radius 2 is 1.83 bits per heavy atom. The highest BCUT2D eigenvalue weighted by atomic mass is 19.4. The van der Waals surface area contributed by atoms with Gasteiger partial charge in [0.15, 0.2) is 0 Å². The predicted molar refractivity (Wildman–Crippen MR) is 107 cm³/mol. The molecule has 0 saturated carbocycles. The van der Waals surface area contributed by atoms with E-state index in [9.17, 15) is 23.2 Å². The molecule has 4 nitrogen and oxygen atoms in total. The molecule has 0 unspecified atom stereocenters. The van der Waals surface area contributed by atoms with Crippen LogP contribution in [0.2, 0.25) is 0 Å². The van der Waals surface area contributed by atoms with Crippen molar-refractivity contribution in [1.82, 2.24) is 9.88 Å². The third kappa shape index (κ3) is 4.78. The number of amides is 1. The van der Waals surface area contributed by atoms with Crippen molar-refractivity contribution >= 4 is 12.0 Å². The zero-order chi connectivity index (χ0) is 21.7. The third-order valence-corrected chi connectivity index (χ3v) is 4.54. The monoisotopic (exact) mass is 409 g/mol. The highest BCUT2D eigenvalue weighted by Gasteiger charge is 2.30. The van der Waals surface area contributed by atoms with E-state index in [0.29, 0.717) is 5.69 Å². The minimum absolute atomic E-state index is 0.148. The van der Waals surface area contributed by atoms with E-state index < -0.39 is 17.6 Å². The summed E-state index contributed by atoms with van der Waals surface area (Å²) in [6, 6.07) is 18.9. The lowest BCUT2D eigenvalue weighted by atomic mass is 10.1. The van der Waals surface area contributed by atoms with Gasteiger partial charge in [0.25, 0.3) is 5.91 Å². The molecule has 1 heterocycles. The van der Waals surface area contributed by atoms with Crippen LogP contribution in [0.1, 0.15) is 29.8 Å². The first-order valence-corrected chi connectivity index (χ1v) is 9.12. The predicted octanol–water partition coefficient (Wildman–Crippen LogP) is 5.28. The van der Waals surface area contributed by atoms with Crippen molar-refractivity contribution < 1.29 is 18.0 Å². The van der Waals surface area contributed by atoms with Crippen LogP contribution >= 0.6 is 0 Å². The first-order chi connectivity index (χ1) is 14.3. The zero-order valence-corrected chi connectivity index (χ0v) is 16.0. The van der Waals surface area contributed by atoms with Gasteiger partial charge in [0.1, 0.15) is 11.6 Å². The van der Waals surface area contributed by atoms with Gasteiger partial charge in [-0.05, 0) is 48.9 Å². The minimum Gasteiger partial charge on any atom is -0.345 e. The SMILES string of the molecule is C[C@@H](NC(=O)/C(C#N)=C\c1cccn1-c1cccc(C(F)(F)F)c1)c1ccccc1. The lowest BCUT2D eigenvalue weighted by Gasteiger charge is -2.14. The molecule has 3 aromatic rings. The number of carbonyl (C=O) groups excluding carboxylic acids is 1. The number of nitrogens with one attached hydrogen (secondary N) is 1.